The highest BCUT2D eigenvalue weighted by atomic mass is 16.1. The fourth-order valence-electron chi connectivity index (χ4n) is 2.94. The number of piperidine rings is 1. The minimum Gasteiger partial charge on any atom is -0.348 e. The van der Waals surface area contributed by atoms with Crippen molar-refractivity contribution >= 4 is 16.9 Å². The molecule has 1 amide bonds. The van der Waals surface area contributed by atoms with Crippen molar-refractivity contribution in [1.82, 2.24) is 20.2 Å². The number of hydrogen-bond acceptors (Lipinski definition) is 3. The molecule has 0 aliphatic carbocycles. The van der Waals surface area contributed by atoms with Crippen LogP contribution in [0.3, 0.4) is 0 Å². The van der Waals surface area contributed by atoms with Crippen LogP contribution in [0.4, 0.5) is 0 Å². The van der Waals surface area contributed by atoms with Crippen molar-refractivity contribution < 1.29 is 4.79 Å². The second kappa shape index (κ2) is 5.85. The molecule has 112 valence electrons. The smallest absolute Gasteiger partial charge is 0.251 e. The van der Waals surface area contributed by atoms with E-state index in [1.165, 1.54) is 0 Å². The molecule has 5 heteroatoms. The summed E-state index contributed by atoms with van der Waals surface area (Å²) < 4.78 is 0. The summed E-state index contributed by atoms with van der Waals surface area (Å²) in [7, 11) is 0. The maximum Gasteiger partial charge on any atom is 0.251 e. The van der Waals surface area contributed by atoms with E-state index >= 15 is 0 Å². The van der Waals surface area contributed by atoms with Gasteiger partial charge < -0.3 is 10.3 Å². The van der Waals surface area contributed by atoms with Gasteiger partial charge in [-0.3, -0.25) is 9.69 Å². The monoisotopic (exact) mass is 286 g/mol. The highest BCUT2D eigenvalue weighted by Gasteiger charge is 2.23. The normalized spacial score (nSPS) is 20.0. The molecule has 1 aliphatic rings. The zero-order chi connectivity index (χ0) is 14.8. The Hall–Kier alpha value is -1.88. The Kier molecular flexibility index (Phi) is 3.92. The number of fused-ring (bicyclic) bond motifs is 1. The molecule has 1 aromatic carbocycles. The molecule has 0 radical (unpaired) electrons. The molecule has 5 nitrogen and oxygen atoms in total. The van der Waals surface area contributed by atoms with Gasteiger partial charge in [0.1, 0.15) is 0 Å². The topological polar surface area (TPSA) is 61.0 Å². The van der Waals surface area contributed by atoms with E-state index in [-0.39, 0.29) is 11.9 Å². The van der Waals surface area contributed by atoms with Crippen molar-refractivity contribution in [2.45, 2.75) is 38.8 Å². The predicted molar refractivity (Wildman–Crippen MR) is 83.3 cm³/mol. The van der Waals surface area contributed by atoms with E-state index < -0.39 is 0 Å². The van der Waals surface area contributed by atoms with Crippen molar-refractivity contribution in [3.8, 4) is 0 Å². The fraction of sp³-hybridized carbons (Fsp3) is 0.500. The predicted octanol–water partition coefficient (Wildman–Crippen LogP) is 2.17. The van der Waals surface area contributed by atoms with E-state index in [1.54, 1.807) is 6.33 Å². The molecule has 2 N–H and O–H groups in total. The van der Waals surface area contributed by atoms with Crippen LogP contribution in [-0.4, -0.2) is 45.9 Å². The quantitative estimate of drug-likeness (QED) is 0.909. The molecule has 1 aromatic heterocycles. The van der Waals surface area contributed by atoms with E-state index in [4.69, 9.17) is 0 Å². The van der Waals surface area contributed by atoms with Gasteiger partial charge in [-0.15, -0.1) is 0 Å². The van der Waals surface area contributed by atoms with Gasteiger partial charge in [0, 0.05) is 24.2 Å². The number of aromatic amines is 1. The van der Waals surface area contributed by atoms with Gasteiger partial charge in [-0.2, -0.15) is 0 Å². The van der Waals surface area contributed by atoms with Crippen LogP contribution in [0.15, 0.2) is 24.5 Å². The molecule has 21 heavy (non-hydrogen) atoms. The number of H-pyrrole nitrogens is 1. The summed E-state index contributed by atoms with van der Waals surface area (Å²) in [5.74, 6) is 0.00195. The number of benzene rings is 1. The molecule has 0 unspecified atom stereocenters. The molecule has 2 aromatic rings. The minimum atomic E-state index is 0.00195. The number of nitrogens with zero attached hydrogens (tertiary/aromatic N) is 2. The van der Waals surface area contributed by atoms with E-state index in [0.717, 1.165) is 37.0 Å². The highest BCUT2D eigenvalue weighted by Crippen LogP contribution is 2.15. The number of likely N-dealkylation sites (tertiary alicyclic amines) is 1. The minimum absolute atomic E-state index is 0.00195. The number of imidazole rings is 1. The first-order valence-electron chi connectivity index (χ1n) is 7.61. The first-order valence-corrected chi connectivity index (χ1v) is 7.61. The maximum atomic E-state index is 12.4. The Labute approximate surface area is 124 Å². The van der Waals surface area contributed by atoms with E-state index in [2.05, 4.69) is 34.0 Å². The lowest BCUT2D eigenvalue weighted by atomic mass is 10.0. The Morgan fingerprint density at radius 1 is 1.48 bits per heavy atom. The van der Waals surface area contributed by atoms with Crippen LogP contribution in [0.5, 0.6) is 0 Å². The van der Waals surface area contributed by atoms with Crippen molar-refractivity contribution in [2.75, 3.05) is 13.1 Å². The average molecular weight is 286 g/mol. The average Bonchev–Trinajstić information content (AvgIpc) is 2.94. The number of rotatable bonds is 3. The SMILES string of the molecule is CC(C)N1CCC[C@@H](NC(=O)c2ccc3nc[nH]c3c2)C1. The van der Waals surface area contributed by atoms with Crippen molar-refractivity contribution in [1.29, 1.82) is 0 Å². The molecule has 1 fully saturated rings. The molecule has 0 bridgehead atoms. The first-order chi connectivity index (χ1) is 10.1. The largest absolute Gasteiger partial charge is 0.348 e. The van der Waals surface area contributed by atoms with Gasteiger partial charge in [0.25, 0.3) is 5.91 Å². The van der Waals surface area contributed by atoms with E-state index in [9.17, 15) is 4.79 Å². The Morgan fingerprint density at radius 2 is 2.33 bits per heavy atom. The summed E-state index contributed by atoms with van der Waals surface area (Å²) in [5.41, 5.74) is 2.47. The Balaban J connectivity index is 1.67. The molecule has 1 atom stereocenters. The van der Waals surface area contributed by atoms with Crippen LogP contribution >= 0.6 is 0 Å². The third kappa shape index (κ3) is 3.08. The standard InChI is InChI=1S/C16H22N4O/c1-11(2)20-7-3-4-13(9-20)19-16(21)12-5-6-14-15(8-12)18-10-17-14/h5-6,8,10-11,13H,3-4,7,9H2,1-2H3,(H,17,18)(H,19,21)/t13-/m1/s1. The van der Waals surface area contributed by atoms with Gasteiger partial charge in [0.05, 0.1) is 17.4 Å². The lowest BCUT2D eigenvalue weighted by Gasteiger charge is -2.35. The summed E-state index contributed by atoms with van der Waals surface area (Å²) in [6.45, 7) is 6.48. The van der Waals surface area contributed by atoms with Crippen molar-refractivity contribution in [3.05, 3.63) is 30.1 Å². The van der Waals surface area contributed by atoms with Gasteiger partial charge in [-0.05, 0) is 51.4 Å². The lowest BCUT2D eigenvalue weighted by Crippen LogP contribution is -2.49. The van der Waals surface area contributed by atoms with Crippen LogP contribution in [0.2, 0.25) is 0 Å². The number of carbonyl (C=O) groups is 1. The van der Waals surface area contributed by atoms with Crippen molar-refractivity contribution in [3.63, 3.8) is 0 Å². The highest BCUT2D eigenvalue weighted by molar-refractivity contribution is 5.97. The van der Waals surface area contributed by atoms with Crippen molar-refractivity contribution in [2.24, 2.45) is 0 Å². The first kappa shape index (κ1) is 14.1. The Bertz CT molecular complexity index is 634. The van der Waals surface area contributed by atoms with Crippen LogP contribution in [0.25, 0.3) is 11.0 Å². The summed E-state index contributed by atoms with van der Waals surface area (Å²) in [6, 6.07) is 6.35. The summed E-state index contributed by atoms with van der Waals surface area (Å²) in [6.07, 6.45) is 3.85. The molecular weight excluding hydrogens is 264 g/mol. The molecule has 3 rings (SSSR count). The fourth-order valence-corrected chi connectivity index (χ4v) is 2.94. The number of amides is 1. The molecule has 1 saturated heterocycles. The number of aromatic nitrogens is 2. The summed E-state index contributed by atoms with van der Waals surface area (Å²) in [5, 5.41) is 3.16. The second-order valence-corrected chi connectivity index (χ2v) is 6.04. The third-order valence-corrected chi connectivity index (χ3v) is 4.20. The third-order valence-electron chi connectivity index (χ3n) is 4.20. The van der Waals surface area contributed by atoms with Crippen LogP contribution in [0, 0.1) is 0 Å². The van der Waals surface area contributed by atoms with Gasteiger partial charge in [0.2, 0.25) is 0 Å². The van der Waals surface area contributed by atoms with Gasteiger partial charge in [-0.25, -0.2) is 4.98 Å². The van der Waals surface area contributed by atoms with Crippen LogP contribution in [0.1, 0.15) is 37.0 Å². The zero-order valence-electron chi connectivity index (χ0n) is 12.6. The number of hydrogen-bond donors (Lipinski definition) is 2. The molecule has 0 saturated carbocycles. The van der Waals surface area contributed by atoms with Gasteiger partial charge in [-0.1, -0.05) is 0 Å². The molecule has 0 spiro atoms. The van der Waals surface area contributed by atoms with Crippen LogP contribution < -0.4 is 5.32 Å². The molecule has 2 heterocycles. The second-order valence-electron chi connectivity index (χ2n) is 6.04. The maximum absolute atomic E-state index is 12.4. The lowest BCUT2D eigenvalue weighted by molar-refractivity contribution is 0.0886. The van der Waals surface area contributed by atoms with Gasteiger partial charge in [0.15, 0.2) is 0 Å². The summed E-state index contributed by atoms with van der Waals surface area (Å²) in [4.78, 5) is 22.0. The number of carbonyl (C=O) groups excluding carboxylic acids is 1. The zero-order valence-corrected chi connectivity index (χ0v) is 12.6. The van der Waals surface area contributed by atoms with Gasteiger partial charge >= 0.3 is 0 Å². The molecule has 1 aliphatic heterocycles. The Morgan fingerprint density at radius 3 is 3.14 bits per heavy atom. The van der Waals surface area contributed by atoms with E-state index in [1.807, 2.05) is 18.2 Å². The summed E-state index contributed by atoms with van der Waals surface area (Å²) >= 11 is 0. The van der Waals surface area contributed by atoms with Crippen LogP contribution in [-0.2, 0) is 0 Å². The number of nitrogens with one attached hydrogen (secondary N) is 2. The molecular formula is C16H22N4O. The van der Waals surface area contributed by atoms with E-state index in [0.29, 0.717) is 11.6 Å².